The predicted octanol–water partition coefficient (Wildman–Crippen LogP) is 6.46. The zero-order valence-electron chi connectivity index (χ0n) is 18.8. The van der Waals surface area contributed by atoms with Gasteiger partial charge >= 0.3 is 0 Å². The Hall–Kier alpha value is -3.01. The molecule has 0 saturated carbocycles. The van der Waals surface area contributed by atoms with Crippen molar-refractivity contribution >= 4 is 5.78 Å². The number of ketones is 1. The number of rotatable bonds is 7. The molecule has 0 bridgehead atoms. The van der Waals surface area contributed by atoms with Crippen LogP contribution < -0.4 is 4.74 Å². The van der Waals surface area contributed by atoms with Gasteiger partial charge in [0.05, 0.1) is 7.11 Å². The highest BCUT2D eigenvalue weighted by Gasteiger charge is 2.36. The summed E-state index contributed by atoms with van der Waals surface area (Å²) in [4.78, 5) is 13.7. The third-order valence-electron chi connectivity index (χ3n) is 6.17. The Morgan fingerprint density at radius 1 is 1.19 bits per heavy atom. The summed E-state index contributed by atoms with van der Waals surface area (Å²) in [6, 6.07) is 11.5. The molecular formula is C27H32O4. The molecule has 1 aliphatic rings. The molecule has 0 fully saturated rings. The number of allylic oxidation sites excluding steroid dienone is 4. The first-order chi connectivity index (χ1) is 14.8. The summed E-state index contributed by atoms with van der Waals surface area (Å²) < 4.78 is 5.35. The van der Waals surface area contributed by atoms with Crippen LogP contribution in [-0.2, 0) is 0 Å². The van der Waals surface area contributed by atoms with E-state index in [4.69, 9.17) is 4.74 Å². The van der Waals surface area contributed by atoms with Crippen molar-refractivity contribution in [3.8, 4) is 17.2 Å². The highest BCUT2D eigenvalue weighted by atomic mass is 16.5. The molecule has 0 amide bonds. The first kappa shape index (κ1) is 22.7. The van der Waals surface area contributed by atoms with Crippen molar-refractivity contribution in [3.05, 3.63) is 76.4 Å². The van der Waals surface area contributed by atoms with Gasteiger partial charge in [0, 0.05) is 17.5 Å². The van der Waals surface area contributed by atoms with E-state index in [-0.39, 0.29) is 46.0 Å². The lowest BCUT2D eigenvalue weighted by Crippen LogP contribution is -2.26. The molecule has 2 aromatic rings. The van der Waals surface area contributed by atoms with Crippen LogP contribution in [0.5, 0.6) is 17.2 Å². The third-order valence-corrected chi connectivity index (χ3v) is 6.17. The van der Waals surface area contributed by atoms with Gasteiger partial charge in [-0.1, -0.05) is 53.6 Å². The molecule has 1 unspecified atom stereocenters. The van der Waals surface area contributed by atoms with Crippen LogP contribution in [0.1, 0.15) is 66.9 Å². The number of carbonyl (C=O) groups is 1. The molecule has 0 aromatic heterocycles. The van der Waals surface area contributed by atoms with Gasteiger partial charge < -0.3 is 14.9 Å². The molecule has 31 heavy (non-hydrogen) atoms. The van der Waals surface area contributed by atoms with Gasteiger partial charge in [0.15, 0.2) is 5.78 Å². The van der Waals surface area contributed by atoms with E-state index >= 15 is 0 Å². The number of hydrogen-bond donors (Lipinski definition) is 2. The fourth-order valence-corrected chi connectivity index (χ4v) is 4.37. The first-order valence-corrected chi connectivity index (χ1v) is 10.8. The van der Waals surface area contributed by atoms with Gasteiger partial charge in [-0.25, -0.2) is 0 Å². The molecule has 0 saturated heterocycles. The quantitative estimate of drug-likeness (QED) is 0.398. The Balaban J connectivity index is 1.98. The zero-order chi connectivity index (χ0) is 22.5. The van der Waals surface area contributed by atoms with Gasteiger partial charge in [0.1, 0.15) is 22.8 Å². The van der Waals surface area contributed by atoms with Gasteiger partial charge in [-0.05, 0) is 57.9 Å². The highest BCUT2D eigenvalue weighted by molar-refractivity contribution is 6.04. The standard InChI is InChI=1S/C27H32O4/c1-17(2)9-8-10-19-13-14-21(22(15-19)20-11-6-5-7-12-20)27(30)25-24(31-4)16-23(28)18(3)26(25)29/h5-7,9,11-13,16,21-22,28-29H,8,10,14-15H2,1-4H3/t21?,22-/m0/s1. The molecule has 0 aliphatic heterocycles. The molecule has 2 atom stereocenters. The lowest BCUT2D eigenvalue weighted by atomic mass is 9.71. The summed E-state index contributed by atoms with van der Waals surface area (Å²) in [7, 11) is 1.44. The van der Waals surface area contributed by atoms with Gasteiger partial charge in [-0.2, -0.15) is 0 Å². The van der Waals surface area contributed by atoms with Crippen molar-refractivity contribution in [2.75, 3.05) is 7.11 Å². The molecule has 0 heterocycles. The van der Waals surface area contributed by atoms with Crippen molar-refractivity contribution in [1.29, 1.82) is 0 Å². The average molecular weight is 421 g/mol. The van der Waals surface area contributed by atoms with E-state index in [1.165, 1.54) is 24.3 Å². The molecule has 2 aromatic carbocycles. The number of phenolic OH excluding ortho intramolecular Hbond substituents is 2. The monoisotopic (exact) mass is 420 g/mol. The summed E-state index contributed by atoms with van der Waals surface area (Å²) >= 11 is 0. The van der Waals surface area contributed by atoms with E-state index in [1.807, 2.05) is 18.2 Å². The Morgan fingerprint density at radius 3 is 2.55 bits per heavy atom. The highest BCUT2D eigenvalue weighted by Crippen LogP contribution is 2.45. The number of phenols is 2. The van der Waals surface area contributed by atoms with Crippen LogP contribution in [0.15, 0.2) is 59.7 Å². The lowest BCUT2D eigenvalue weighted by Gasteiger charge is -2.31. The minimum Gasteiger partial charge on any atom is -0.507 e. The van der Waals surface area contributed by atoms with E-state index in [1.54, 1.807) is 6.92 Å². The van der Waals surface area contributed by atoms with Crippen molar-refractivity contribution in [1.82, 2.24) is 0 Å². The minimum atomic E-state index is -0.307. The number of ether oxygens (including phenoxy) is 1. The van der Waals surface area contributed by atoms with Crippen LogP contribution in [-0.4, -0.2) is 23.1 Å². The summed E-state index contributed by atoms with van der Waals surface area (Å²) in [6.45, 7) is 5.81. The first-order valence-electron chi connectivity index (χ1n) is 10.8. The van der Waals surface area contributed by atoms with E-state index < -0.39 is 0 Å². The predicted molar refractivity (Wildman–Crippen MR) is 124 cm³/mol. The van der Waals surface area contributed by atoms with Gasteiger partial charge in [0.2, 0.25) is 0 Å². The van der Waals surface area contributed by atoms with Crippen LogP contribution in [0.2, 0.25) is 0 Å². The Kier molecular flexibility index (Phi) is 7.21. The largest absolute Gasteiger partial charge is 0.507 e. The van der Waals surface area contributed by atoms with Crippen LogP contribution in [0.3, 0.4) is 0 Å². The fourth-order valence-electron chi connectivity index (χ4n) is 4.37. The van der Waals surface area contributed by atoms with Crippen LogP contribution in [0.25, 0.3) is 0 Å². The normalized spacial score (nSPS) is 18.3. The van der Waals surface area contributed by atoms with E-state index in [0.717, 1.165) is 24.8 Å². The van der Waals surface area contributed by atoms with Gasteiger partial charge in [-0.3, -0.25) is 4.79 Å². The third kappa shape index (κ3) is 5.01. The summed E-state index contributed by atoms with van der Waals surface area (Å²) in [6.07, 6.45) is 7.86. The minimum absolute atomic E-state index is 0.0265. The molecule has 0 spiro atoms. The topological polar surface area (TPSA) is 66.8 Å². The second kappa shape index (κ2) is 9.86. The van der Waals surface area contributed by atoms with Gasteiger partial charge in [-0.15, -0.1) is 0 Å². The number of carbonyl (C=O) groups excluding carboxylic acids is 1. The van der Waals surface area contributed by atoms with Crippen LogP contribution >= 0.6 is 0 Å². The maximum Gasteiger partial charge on any atom is 0.174 e. The average Bonchev–Trinajstić information content (AvgIpc) is 2.77. The molecule has 2 N–H and O–H groups in total. The molecular weight excluding hydrogens is 388 g/mol. The Bertz CT molecular complexity index is 998. The van der Waals surface area contributed by atoms with Crippen LogP contribution in [0.4, 0.5) is 0 Å². The molecule has 1 aliphatic carbocycles. The maximum absolute atomic E-state index is 13.7. The second-order valence-electron chi connectivity index (χ2n) is 8.56. The Morgan fingerprint density at radius 2 is 1.90 bits per heavy atom. The summed E-state index contributed by atoms with van der Waals surface area (Å²) in [5, 5.41) is 20.7. The maximum atomic E-state index is 13.7. The summed E-state index contributed by atoms with van der Waals surface area (Å²) in [5.74, 6) is -0.513. The molecule has 164 valence electrons. The van der Waals surface area contributed by atoms with Gasteiger partial charge in [0.25, 0.3) is 0 Å². The van der Waals surface area contributed by atoms with E-state index in [2.05, 4.69) is 38.1 Å². The number of hydrogen-bond acceptors (Lipinski definition) is 4. The lowest BCUT2D eigenvalue weighted by molar-refractivity contribution is 0.0889. The number of benzene rings is 2. The van der Waals surface area contributed by atoms with Crippen LogP contribution in [0, 0.1) is 12.8 Å². The zero-order valence-corrected chi connectivity index (χ0v) is 18.8. The number of methoxy groups -OCH3 is 1. The molecule has 4 heteroatoms. The van der Waals surface area contributed by atoms with Crippen molar-refractivity contribution in [2.24, 2.45) is 5.92 Å². The second-order valence-corrected chi connectivity index (χ2v) is 8.56. The number of Topliss-reactive ketones (excluding diaryl/α,β-unsaturated/α-hetero) is 1. The summed E-state index contributed by atoms with van der Waals surface area (Å²) in [5.41, 5.74) is 4.25. The van der Waals surface area contributed by atoms with E-state index in [0.29, 0.717) is 6.42 Å². The Labute approximate surface area is 184 Å². The smallest absolute Gasteiger partial charge is 0.174 e. The SMILES string of the molecule is COc1cc(O)c(C)c(O)c1C(=O)C1CC=C(CCC=C(C)C)C[C@H]1c1ccccc1. The van der Waals surface area contributed by atoms with Crippen molar-refractivity contribution < 1.29 is 19.7 Å². The molecule has 0 radical (unpaired) electrons. The molecule has 4 nitrogen and oxygen atoms in total. The van der Waals surface area contributed by atoms with Crippen molar-refractivity contribution in [3.63, 3.8) is 0 Å². The number of aromatic hydroxyl groups is 2. The fraction of sp³-hybridized carbons (Fsp3) is 0.370. The van der Waals surface area contributed by atoms with Crippen molar-refractivity contribution in [2.45, 2.75) is 52.4 Å². The van der Waals surface area contributed by atoms with E-state index in [9.17, 15) is 15.0 Å². The molecule has 3 rings (SSSR count).